The van der Waals surface area contributed by atoms with Crippen LogP contribution in [0.5, 0.6) is 5.75 Å². The molecule has 1 aromatic rings. The molecular formula is C14H19BrClNO3. The average molecular weight is 365 g/mol. The molecule has 1 aliphatic rings. The standard InChI is InChI=1S/C14H19BrClNO3/c1-4-18-13-11(15)5-9(16)6-12(13)17-10-7-19-14(2,3)20-8-10/h5-6,10,17H,4,7-8H2,1-3H3. The summed E-state index contributed by atoms with van der Waals surface area (Å²) in [7, 11) is 0. The van der Waals surface area contributed by atoms with E-state index in [1.807, 2.05) is 32.9 Å². The van der Waals surface area contributed by atoms with Crippen molar-refractivity contribution in [2.24, 2.45) is 0 Å². The van der Waals surface area contributed by atoms with Gasteiger partial charge in [-0.15, -0.1) is 0 Å². The van der Waals surface area contributed by atoms with E-state index in [-0.39, 0.29) is 6.04 Å². The van der Waals surface area contributed by atoms with Crippen molar-refractivity contribution in [2.45, 2.75) is 32.6 Å². The molecular weight excluding hydrogens is 346 g/mol. The Morgan fingerprint density at radius 1 is 1.40 bits per heavy atom. The van der Waals surface area contributed by atoms with Crippen LogP contribution in [0.25, 0.3) is 0 Å². The molecule has 2 rings (SSSR count). The zero-order valence-electron chi connectivity index (χ0n) is 11.8. The van der Waals surface area contributed by atoms with Gasteiger partial charge in [0.25, 0.3) is 0 Å². The molecule has 0 radical (unpaired) electrons. The molecule has 0 aromatic heterocycles. The summed E-state index contributed by atoms with van der Waals surface area (Å²) in [5.41, 5.74) is 0.836. The van der Waals surface area contributed by atoms with Crippen LogP contribution in [-0.2, 0) is 9.47 Å². The lowest BCUT2D eigenvalue weighted by atomic mass is 10.2. The maximum atomic E-state index is 6.10. The Hall–Kier alpha value is -0.490. The van der Waals surface area contributed by atoms with Crippen molar-refractivity contribution < 1.29 is 14.2 Å². The van der Waals surface area contributed by atoms with Crippen LogP contribution >= 0.6 is 27.5 Å². The molecule has 1 aromatic carbocycles. The van der Waals surface area contributed by atoms with Crippen LogP contribution in [0.3, 0.4) is 0 Å². The number of rotatable bonds is 4. The molecule has 0 saturated carbocycles. The fourth-order valence-corrected chi connectivity index (χ4v) is 2.88. The van der Waals surface area contributed by atoms with Gasteiger partial charge in [-0.25, -0.2) is 0 Å². The third kappa shape index (κ3) is 4.01. The van der Waals surface area contributed by atoms with Gasteiger partial charge in [0.05, 0.1) is 36.0 Å². The molecule has 0 unspecified atom stereocenters. The van der Waals surface area contributed by atoms with Crippen molar-refractivity contribution in [2.75, 3.05) is 25.1 Å². The Balaban J connectivity index is 2.12. The van der Waals surface area contributed by atoms with Gasteiger partial charge >= 0.3 is 0 Å². The first-order valence-electron chi connectivity index (χ1n) is 6.57. The maximum Gasteiger partial charge on any atom is 0.162 e. The minimum atomic E-state index is -0.518. The van der Waals surface area contributed by atoms with Crippen molar-refractivity contribution in [1.29, 1.82) is 0 Å². The normalized spacial score (nSPS) is 18.9. The fourth-order valence-electron chi connectivity index (χ4n) is 1.95. The van der Waals surface area contributed by atoms with Crippen molar-refractivity contribution in [3.63, 3.8) is 0 Å². The third-order valence-corrected chi connectivity index (χ3v) is 3.73. The van der Waals surface area contributed by atoms with Crippen LogP contribution < -0.4 is 10.1 Å². The highest BCUT2D eigenvalue weighted by Crippen LogP contribution is 2.37. The molecule has 1 heterocycles. The summed E-state index contributed by atoms with van der Waals surface area (Å²) in [5, 5.41) is 4.00. The van der Waals surface area contributed by atoms with Crippen molar-refractivity contribution in [3.8, 4) is 5.75 Å². The SMILES string of the molecule is CCOc1c(Br)cc(Cl)cc1NC1COC(C)(C)OC1. The Kier molecular flexibility index (Phi) is 5.18. The zero-order chi connectivity index (χ0) is 14.8. The van der Waals surface area contributed by atoms with Crippen LogP contribution in [0, 0.1) is 0 Å². The second kappa shape index (κ2) is 6.52. The van der Waals surface area contributed by atoms with E-state index >= 15 is 0 Å². The lowest BCUT2D eigenvalue weighted by Gasteiger charge is -2.35. The van der Waals surface area contributed by atoms with E-state index in [0.29, 0.717) is 24.8 Å². The molecule has 1 fully saturated rings. The summed E-state index contributed by atoms with van der Waals surface area (Å²) in [5.74, 6) is 0.234. The van der Waals surface area contributed by atoms with Gasteiger partial charge in [-0.05, 0) is 48.8 Å². The average Bonchev–Trinajstić information content (AvgIpc) is 2.36. The van der Waals surface area contributed by atoms with Crippen molar-refractivity contribution in [1.82, 2.24) is 0 Å². The van der Waals surface area contributed by atoms with Gasteiger partial charge in [0.1, 0.15) is 0 Å². The smallest absolute Gasteiger partial charge is 0.162 e. The Morgan fingerprint density at radius 3 is 2.65 bits per heavy atom. The molecule has 0 amide bonds. The second-order valence-corrected chi connectivity index (χ2v) is 6.35. The van der Waals surface area contributed by atoms with Gasteiger partial charge < -0.3 is 19.5 Å². The van der Waals surface area contributed by atoms with Crippen molar-refractivity contribution >= 4 is 33.2 Å². The van der Waals surface area contributed by atoms with Gasteiger partial charge in [0.15, 0.2) is 11.5 Å². The first-order chi connectivity index (χ1) is 9.41. The molecule has 6 heteroatoms. The first kappa shape index (κ1) is 15.9. The van der Waals surface area contributed by atoms with Crippen LogP contribution in [0.1, 0.15) is 20.8 Å². The number of nitrogens with one attached hydrogen (secondary N) is 1. The minimum absolute atomic E-state index is 0.0626. The number of benzene rings is 1. The third-order valence-electron chi connectivity index (χ3n) is 2.92. The first-order valence-corrected chi connectivity index (χ1v) is 7.74. The van der Waals surface area contributed by atoms with Gasteiger partial charge in [-0.2, -0.15) is 0 Å². The minimum Gasteiger partial charge on any atom is -0.491 e. The van der Waals surface area contributed by atoms with Gasteiger partial charge in [-0.1, -0.05) is 11.6 Å². The van der Waals surface area contributed by atoms with E-state index in [9.17, 15) is 0 Å². The molecule has 112 valence electrons. The predicted octanol–water partition coefficient (Wildman–Crippen LogP) is 4.06. The highest BCUT2D eigenvalue weighted by atomic mass is 79.9. The van der Waals surface area contributed by atoms with E-state index in [4.69, 9.17) is 25.8 Å². The second-order valence-electron chi connectivity index (χ2n) is 5.06. The lowest BCUT2D eigenvalue weighted by Crippen LogP contribution is -2.45. The van der Waals surface area contributed by atoms with Gasteiger partial charge in [0, 0.05) is 5.02 Å². The molecule has 0 aliphatic carbocycles. The number of ether oxygens (including phenoxy) is 3. The quantitative estimate of drug-likeness (QED) is 0.874. The van der Waals surface area contributed by atoms with E-state index in [1.54, 1.807) is 0 Å². The Labute approximate surface area is 132 Å². The van der Waals surface area contributed by atoms with E-state index in [2.05, 4.69) is 21.2 Å². The molecule has 0 spiro atoms. The number of hydrogen-bond donors (Lipinski definition) is 1. The summed E-state index contributed by atoms with van der Waals surface area (Å²) in [4.78, 5) is 0. The lowest BCUT2D eigenvalue weighted by molar-refractivity contribution is -0.247. The summed E-state index contributed by atoms with van der Waals surface area (Å²) in [6.45, 7) is 7.49. The summed E-state index contributed by atoms with van der Waals surface area (Å²) in [6, 6.07) is 3.72. The van der Waals surface area contributed by atoms with Crippen LogP contribution in [0.2, 0.25) is 5.02 Å². The van der Waals surface area contributed by atoms with Crippen LogP contribution in [-0.4, -0.2) is 31.6 Å². The Bertz CT molecular complexity index is 472. The molecule has 0 bridgehead atoms. The topological polar surface area (TPSA) is 39.7 Å². The Morgan fingerprint density at radius 2 is 2.05 bits per heavy atom. The molecule has 0 atom stereocenters. The number of halogens is 2. The highest BCUT2D eigenvalue weighted by Gasteiger charge is 2.28. The van der Waals surface area contributed by atoms with Crippen LogP contribution in [0.15, 0.2) is 16.6 Å². The largest absolute Gasteiger partial charge is 0.491 e. The monoisotopic (exact) mass is 363 g/mol. The molecule has 1 saturated heterocycles. The maximum absolute atomic E-state index is 6.10. The zero-order valence-corrected chi connectivity index (χ0v) is 14.2. The summed E-state index contributed by atoms with van der Waals surface area (Å²) < 4.78 is 17.8. The molecule has 1 aliphatic heterocycles. The molecule has 1 N–H and O–H groups in total. The predicted molar refractivity (Wildman–Crippen MR) is 83.7 cm³/mol. The summed E-state index contributed by atoms with van der Waals surface area (Å²) in [6.07, 6.45) is 0. The highest BCUT2D eigenvalue weighted by molar-refractivity contribution is 9.10. The molecule has 20 heavy (non-hydrogen) atoms. The fraction of sp³-hybridized carbons (Fsp3) is 0.571. The molecule has 4 nitrogen and oxygen atoms in total. The van der Waals surface area contributed by atoms with Crippen LogP contribution in [0.4, 0.5) is 5.69 Å². The summed E-state index contributed by atoms with van der Waals surface area (Å²) >= 11 is 9.57. The van der Waals surface area contributed by atoms with Crippen molar-refractivity contribution in [3.05, 3.63) is 21.6 Å². The van der Waals surface area contributed by atoms with E-state index in [1.165, 1.54) is 0 Å². The van der Waals surface area contributed by atoms with Gasteiger partial charge in [0.2, 0.25) is 0 Å². The van der Waals surface area contributed by atoms with E-state index < -0.39 is 5.79 Å². The number of anilines is 1. The number of hydrogen-bond acceptors (Lipinski definition) is 4. The van der Waals surface area contributed by atoms with E-state index in [0.717, 1.165) is 15.9 Å². The van der Waals surface area contributed by atoms with Gasteiger partial charge in [-0.3, -0.25) is 0 Å².